The zero-order chi connectivity index (χ0) is 28.1. The Morgan fingerprint density at radius 2 is 1.64 bits per heavy atom. The summed E-state index contributed by atoms with van der Waals surface area (Å²) in [5.41, 5.74) is 2.69. The molecule has 3 aromatic rings. The zero-order valence-corrected chi connectivity index (χ0v) is 23.4. The summed E-state index contributed by atoms with van der Waals surface area (Å²) in [5, 5.41) is 0. The second kappa shape index (κ2) is 9.61. The molecule has 0 saturated carbocycles. The summed E-state index contributed by atoms with van der Waals surface area (Å²) < 4.78 is 0. The Morgan fingerprint density at radius 3 is 2.28 bits per heavy atom. The van der Waals surface area contributed by atoms with Crippen molar-refractivity contribution in [2.45, 2.75) is 51.2 Å². The van der Waals surface area contributed by atoms with Gasteiger partial charge >= 0.3 is 6.03 Å². The highest BCUT2D eigenvalue weighted by Gasteiger charge is 2.52. The lowest BCUT2D eigenvalue weighted by Gasteiger charge is -2.30. The van der Waals surface area contributed by atoms with Crippen LogP contribution < -0.4 is 9.80 Å². The van der Waals surface area contributed by atoms with E-state index >= 15 is 0 Å². The van der Waals surface area contributed by atoms with Crippen molar-refractivity contribution in [1.29, 1.82) is 0 Å². The first-order valence-corrected chi connectivity index (χ1v) is 13.2. The van der Waals surface area contributed by atoms with Crippen LogP contribution in [0.3, 0.4) is 0 Å². The molecule has 4 amide bonds. The van der Waals surface area contributed by atoms with E-state index in [1.165, 1.54) is 4.90 Å². The highest BCUT2D eigenvalue weighted by atomic mass is 16.2. The van der Waals surface area contributed by atoms with Gasteiger partial charge in [-0.15, -0.1) is 0 Å². The average molecular weight is 526 g/mol. The van der Waals surface area contributed by atoms with Gasteiger partial charge in [0.05, 0.1) is 5.69 Å². The minimum atomic E-state index is -1.03. The highest BCUT2D eigenvalue weighted by molar-refractivity contribution is 6.23. The molecule has 1 saturated heterocycles. The van der Waals surface area contributed by atoms with Gasteiger partial charge in [-0.1, -0.05) is 50.2 Å². The van der Waals surface area contributed by atoms with Crippen LogP contribution in [0.2, 0.25) is 0 Å². The van der Waals surface area contributed by atoms with Gasteiger partial charge < -0.3 is 9.80 Å². The molecule has 2 aliphatic heterocycles. The van der Waals surface area contributed by atoms with E-state index in [1.54, 1.807) is 36.0 Å². The molecule has 1 atom stereocenters. The molecule has 2 aromatic carbocycles. The molecule has 0 radical (unpaired) electrons. The maximum atomic E-state index is 14.1. The Morgan fingerprint density at radius 1 is 0.974 bits per heavy atom. The molecule has 8 nitrogen and oxygen atoms in total. The predicted octanol–water partition coefficient (Wildman–Crippen LogP) is 4.76. The molecule has 0 N–H and O–H groups in total. The molecule has 1 unspecified atom stereocenters. The van der Waals surface area contributed by atoms with Crippen molar-refractivity contribution < 1.29 is 14.4 Å². The van der Waals surface area contributed by atoms with Crippen molar-refractivity contribution in [1.82, 2.24) is 14.8 Å². The molecule has 0 spiro atoms. The molecular formula is C31H35N5O3. The average Bonchev–Trinajstić information content (AvgIpc) is 3.26. The van der Waals surface area contributed by atoms with Crippen molar-refractivity contribution in [3.05, 3.63) is 89.7 Å². The number of anilines is 2. The van der Waals surface area contributed by atoms with E-state index in [1.807, 2.05) is 79.7 Å². The van der Waals surface area contributed by atoms with E-state index < -0.39 is 11.6 Å². The number of benzene rings is 2. The third-order valence-corrected chi connectivity index (χ3v) is 7.86. The van der Waals surface area contributed by atoms with Crippen LogP contribution in [-0.4, -0.2) is 58.8 Å². The SMILES string of the molecule is CN(C)C(C(=O)N1CC(C)(C)c2ccc(N3C(=O)N(Cc4ccncc4)C(C)(C)C3=O)cc21)c1ccccc1. The summed E-state index contributed by atoms with van der Waals surface area (Å²) in [6, 6.07) is 18.1. The molecular weight excluding hydrogens is 490 g/mol. The van der Waals surface area contributed by atoms with Gasteiger partial charge in [0.15, 0.2) is 0 Å². The van der Waals surface area contributed by atoms with E-state index in [4.69, 9.17) is 0 Å². The Balaban J connectivity index is 1.52. The Kier molecular flexibility index (Phi) is 6.55. The van der Waals surface area contributed by atoms with Gasteiger partial charge in [0, 0.05) is 36.6 Å². The van der Waals surface area contributed by atoms with E-state index in [-0.39, 0.29) is 23.3 Å². The first-order chi connectivity index (χ1) is 18.4. The van der Waals surface area contributed by atoms with E-state index in [9.17, 15) is 14.4 Å². The number of amides is 4. The second-order valence-electron chi connectivity index (χ2n) is 11.7. The van der Waals surface area contributed by atoms with Crippen molar-refractivity contribution in [2.24, 2.45) is 0 Å². The van der Waals surface area contributed by atoms with Crippen LogP contribution >= 0.6 is 0 Å². The largest absolute Gasteiger partial charge is 0.332 e. The van der Waals surface area contributed by atoms with Crippen LogP contribution in [-0.2, 0) is 21.5 Å². The number of imide groups is 1. The van der Waals surface area contributed by atoms with E-state index in [0.29, 0.717) is 18.8 Å². The Hall–Kier alpha value is -4.04. The number of urea groups is 1. The summed E-state index contributed by atoms with van der Waals surface area (Å²) in [5.74, 6) is -0.346. The molecule has 1 aromatic heterocycles. The van der Waals surface area contributed by atoms with Gasteiger partial charge in [-0.3, -0.25) is 19.5 Å². The Labute approximate surface area is 229 Å². The number of hydrogen-bond donors (Lipinski definition) is 0. The fraction of sp³-hybridized carbons (Fsp3) is 0.355. The van der Waals surface area contributed by atoms with Crippen LogP contribution in [0.4, 0.5) is 16.2 Å². The number of hydrogen-bond acceptors (Lipinski definition) is 5. The molecule has 1 fully saturated rings. The first-order valence-electron chi connectivity index (χ1n) is 13.2. The van der Waals surface area contributed by atoms with Gasteiger partial charge in [0.2, 0.25) is 5.91 Å². The number of likely N-dealkylation sites (N-methyl/N-ethyl adjacent to an activating group) is 1. The number of nitrogens with zero attached hydrogens (tertiary/aromatic N) is 5. The lowest BCUT2D eigenvalue weighted by Crippen LogP contribution is -2.43. The van der Waals surface area contributed by atoms with Crippen LogP contribution in [0.25, 0.3) is 0 Å². The molecule has 5 rings (SSSR count). The fourth-order valence-electron chi connectivity index (χ4n) is 5.66. The van der Waals surface area contributed by atoms with Gasteiger partial charge in [-0.05, 0) is 68.9 Å². The molecule has 3 heterocycles. The van der Waals surface area contributed by atoms with Crippen molar-refractivity contribution in [2.75, 3.05) is 30.4 Å². The predicted molar refractivity (Wildman–Crippen MR) is 151 cm³/mol. The monoisotopic (exact) mass is 525 g/mol. The van der Waals surface area contributed by atoms with Crippen LogP contribution in [0, 0.1) is 0 Å². The number of fused-ring (bicyclic) bond motifs is 1. The standard InChI is InChI=1S/C31H35N5O3/c1-30(2)20-34(27(37)26(33(5)6)22-10-8-7-9-11-22)25-18-23(12-13-24(25)30)36-28(38)31(3,4)35(29(36)39)19-21-14-16-32-17-15-21/h7-18,26H,19-20H2,1-6H3. The third kappa shape index (κ3) is 4.48. The molecule has 202 valence electrons. The highest BCUT2D eigenvalue weighted by Crippen LogP contribution is 2.45. The molecule has 2 aliphatic rings. The topological polar surface area (TPSA) is 77.1 Å². The summed E-state index contributed by atoms with van der Waals surface area (Å²) in [6.07, 6.45) is 3.35. The van der Waals surface area contributed by atoms with Crippen molar-refractivity contribution in [3.63, 3.8) is 0 Å². The van der Waals surface area contributed by atoms with Crippen molar-refractivity contribution >= 4 is 29.2 Å². The smallest absolute Gasteiger partial charge is 0.310 e. The quantitative estimate of drug-likeness (QED) is 0.434. The first kappa shape index (κ1) is 26.6. The van der Waals surface area contributed by atoms with Gasteiger partial charge in [0.25, 0.3) is 5.91 Å². The molecule has 39 heavy (non-hydrogen) atoms. The van der Waals surface area contributed by atoms with Gasteiger partial charge in [0.1, 0.15) is 11.6 Å². The molecule has 0 aliphatic carbocycles. The van der Waals surface area contributed by atoms with Crippen LogP contribution in [0.15, 0.2) is 73.1 Å². The van der Waals surface area contributed by atoms with Crippen molar-refractivity contribution in [3.8, 4) is 0 Å². The lowest BCUT2D eigenvalue weighted by molar-refractivity contribution is -0.124. The molecule has 0 bridgehead atoms. The third-order valence-electron chi connectivity index (χ3n) is 7.86. The summed E-state index contributed by atoms with van der Waals surface area (Å²) >= 11 is 0. The summed E-state index contributed by atoms with van der Waals surface area (Å²) in [4.78, 5) is 52.0. The lowest BCUT2D eigenvalue weighted by atomic mass is 9.87. The van der Waals surface area contributed by atoms with E-state index in [2.05, 4.69) is 18.8 Å². The second-order valence-corrected chi connectivity index (χ2v) is 11.7. The zero-order valence-electron chi connectivity index (χ0n) is 23.4. The number of rotatable bonds is 6. The maximum absolute atomic E-state index is 14.1. The number of carbonyl (C=O) groups excluding carboxylic acids is 3. The number of pyridine rings is 1. The van der Waals surface area contributed by atoms with E-state index in [0.717, 1.165) is 22.4 Å². The normalized spacial score (nSPS) is 18.6. The van der Waals surface area contributed by atoms with Gasteiger partial charge in [-0.25, -0.2) is 9.69 Å². The van der Waals surface area contributed by atoms with Gasteiger partial charge in [-0.2, -0.15) is 0 Å². The summed E-state index contributed by atoms with van der Waals surface area (Å²) in [6.45, 7) is 8.55. The Bertz CT molecular complexity index is 1420. The summed E-state index contributed by atoms with van der Waals surface area (Å²) in [7, 11) is 3.80. The van der Waals surface area contributed by atoms with Crippen LogP contribution in [0.1, 0.15) is 50.4 Å². The minimum Gasteiger partial charge on any atom is -0.310 e. The molecule has 8 heteroatoms. The fourth-order valence-corrected chi connectivity index (χ4v) is 5.66. The minimum absolute atomic E-state index is 0.0473. The maximum Gasteiger partial charge on any atom is 0.332 e. The van der Waals surface area contributed by atoms with Crippen LogP contribution in [0.5, 0.6) is 0 Å². The number of carbonyl (C=O) groups is 3. The number of aromatic nitrogens is 1.